The molecule has 0 heterocycles. The molecule has 0 amide bonds. The number of hydrogen-bond acceptors (Lipinski definition) is 1. The maximum absolute atomic E-state index is 9.16. The highest BCUT2D eigenvalue weighted by atomic mass is 16.3. The third kappa shape index (κ3) is 2.56. The summed E-state index contributed by atoms with van der Waals surface area (Å²) in [7, 11) is 0. The minimum atomic E-state index is 0.156. The molecule has 72 valence electrons. The fourth-order valence-electron chi connectivity index (χ4n) is 1.61. The molecule has 1 rings (SSSR count). The summed E-state index contributed by atoms with van der Waals surface area (Å²) in [4.78, 5) is 0. The average Bonchev–Trinajstić information content (AvgIpc) is 2.08. The summed E-state index contributed by atoms with van der Waals surface area (Å²) in [6, 6.07) is 6.12. The smallest absolute Gasteiger partial charge is 0.0684 e. The molecule has 0 atom stereocenters. The van der Waals surface area contributed by atoms with Gasteiger partial charge in [0.2, 0.25) is 0 Å². The van der Waals surface area contributed by atoms with Crippen molar-refractivity contribution in [3.05, 3.63) is 34.9 Å². The first-order chi connectivity index (χ1) is 6.15. The molecule has 0 aliphatic heterocycles. The number of rotatable bonds is 3. The fraction of sp³-hybridized carbons (Fsp3) is 0.500. The molecule has 0 spiro atoms. The van der Waals surface area contributed by atoms with Crippen LogP contribution in [0.1, 0.15) is 30.5 Å². The molecule has 0 saturated carbocycles. The van der Waals surface area contributed by atoms with E-state index in [4.69, 9.17) is 5.11 Å². The predicted octanol–water partition coefficient (Wildman–Crippen LogP) is 2.69. The van der Waals surface area contributed by atoms with Gasteiger partial charge in [0.15, 0.2) is 0 Å². The van der Waals surface area contributed by atoms with Crippen molar-refractivity contribution < 1.29 is 5.11 Å². The van der Waals surface area contributed by atoms with E-state index < -0.39 is 0 Å². The molecule has 0 bridgehead atoms. The van der Waals surface area contributed by atoms with Gasteiger partial charge in [0.05, 0.1) is 6.61 Å². The lowest BCUT2D eigenvalue weighted by molar-refractivity contribution is 0.280. The van der Waals surface area contributed by atoms with Crippen LogP contribution in [0, 0.1) is 12.8 Å². The first-order valence-corrected chi connectivity index (χ1v) is 4.83. The number of aliphatic hydroxyl groups excluding tert-OH is 1. The largest absolute Gasteiger partial charge is 0.392 e. The number of hydrogen-bond donors (Lipinski definition) is 1. The molecule has 0 aromatic heterocycles. The minimum absolute atomic E-state index is 0.156. The summed E-state index contributed by atoms with van der Waals surface area (Å²) < 4.78 is 0. The molecule has 13 heavy (non-hydrogen) atoms. The van der Waals surface area contributed by atoms with Gasteiger partial charge in [0, 0.05) is 0 Å². The lowest BCUT2D eigenvalue weighted by Gasteiger charge is -2.12. The third-order valence-corrected chi connectivity index (χ3v) is 2.29. The second-order valence-corrected chi connectivity index (χ2v) is 3.97. The van der Waals surface area contributed by atoms with Crippen LogP contribution in [0.25, 0.3) is 0 Å². The Labute approximate surface area is 80.4 Å². The van der Waals surface area contributed by atoms with Gasteiger partial charge in [-0.2, -0.15) is 0 Å². The van der Waals surface area contributed by atoms with Gasteiger partial charge in [0.1, 0.15) is 0 Å². The van der Waals surface area contributed by atoms with Crippen LogP contribution in [0.5, 0.6) is 0 Å². The Morgan fingerprint density at radius 3 is 2.54 bits per heavy atom. The lowest BCUT2D eigenvalue weighted by atomic mass is 9.94. The quantitative estimate of drug-likeness (QED) is 0.754. The second-order valence-electron chi connectivity index (χ2n) is 3.97. The van der Waals surface area contributed by atoms with E-state index in [1.54, 1.807) is 0 Å². The predicted molar refractivity (Wildman–Crippen MR) is 55.6 cm³/mol. The maximum atomic E-state index is 9.16. The van der Waals surface area contributed by atoms with Gasteiger partial charge in [-0.3, -0.25) is 0 Å². The number of benzene rings is 1. The Hall–Kier alpha value is -0.820. The monoisotopic (exact) mass is 178 g/mol. The van der Waals surface area contributed by atoms with Crippen molar-refractivity contribution in [1.29, 1.82) is 0 Å². The van der Waals surface area contributed by atoms with Crippen LogP contribution in [-0.4, -0.2) is 5.11 Å². The minimum Gasteiger partial charge on any atom is -0.392 e. The van der Waals surface area contributed by atoms with Crippen LogP contribution >= 0.6 is 0 Å². The molecule has 0 aliphatic rings. The van der Waals surface area contributed by atoms with Crippen LogP contribution in [0.3, 0.4) is 0 Å². The summed E-state index contributed by atoms with van der Waals surface area (Å²) in [5, 5.41) is 9.16. The van der Waals surface area contributed by atoms with E-state index in [9.17, 15) is 0 Å². The fourth-order valence-corrected chi connectivity index (χ4v) is 1.61. The highest BCUT2D eigenvalue weighted by molar-refractivity contribution is 5.34. The van der Waals surface area contributed by atoms with Crippen LogP contribution < -0.4 is 0 Å². The highest BCUT2D eigenvalue weighted by Gasteiger charge is 2.06. The van der Waals surface area contributed by atoms with E-state index in [-0.39, 0.29) is 6.61 Å². The summed E-state index contributed by atoms with van der Waals surface area (Å²) in [6.45, 7) is 6.67. The second kappa shape index (κ2) is 4.43. The Kier molecular flexibility index (Phi) is 3.49. The number of aryl methyl sites for hydroxylation is 1. The van der Waals surface area contributed by atoms with Crippen molar-refractivity contribution in [3.63, 3.8) is 0 Å². The Balaban J connectivity index is 3.00. The average molecular weight is 178 g/mol. The zero-order chi connectivity index (χ0) is 9.84. The Bertz CT molecular complexity index is 276. The van der Waals surface area contributed by atoms with Gasteiger partial charge < -0.3 is 5.11 Å². The summed E-state index contributed by atoms with van der Waals surface area (Å²) in [6.07, 6.45) is 1.06. The molecule has 0 fully saturated rings. The van der Waals surface area contributed by atoms with Crippen molar-refractivity contribution in [2.24, 2.45) is 5.92 Å². The Morgan fingerprint density at radius 2 is 2.00 bits per heavy atom. The Morgan fingerprint density at radius 1 is 1.31 bits per heavy atom. The molecular weight excluding hydrogens is 160 g/mol. The van der Waals surface area contributed by atoms with Crippen LogP contribution in [0.4, 0.5) is 0 Å². The van der Waals surface area contributed by atoms with Crippen molar-refractivity contribution >= 4 is 0 Å². The van der Waals surface area contributed by atoms with E-state index in [1.807, 2.05) is 12.1 Å². The first-order valence-electron chi connectivity index (χ1n) is 4.83. The number of aliphatic hydroxyl groups is 1. The van der Waals surface area contributed by atoms with E-state index in [1.165, 1.54) is 11.1 Å². The van der Waals surface area contributed by atoms with Gasteiger partial charge in [-0.05, 0) is 36.0 Å². The van der Waals surface area contributed by atoms with Crippen molar-refractivity contribution in [2.75, 3.05) is 0 Å². The van der Waals surface area contributed by atoms with Crippen LogP contribution in [-0.2, 0) is 13.0 Å². The van der Waals surface area contributed by atoms with Gasteiger partial charge >= 0.3 is 0 Å². The molecule has 0 radical (unpaired) electrons. The van der Waals surface area contributed by atoms with Gasteiger partial charge in [-0.1, -0.05) is 32.0 Å². The standard InChI is InChI=1S/C12H18O/c1-9(2)7-12-10(3)5-4-6-11(12)8-13/h4-6,9,13H,7-8H2,1-3H3. The van der Waals surface area contributed by atoms with E-state index in [2.05, 4.69) is 26.8 Å². The summed E-state index contributed by atoms with van der Waals surface area (Å²) in [5.41, 5.74) is 3.69. The van der Waals surface area contributed by atoms with E-state index in [0.717, 1.165) is 12.0 Å². The molecule has 1 heteroatoms. The first kappa shape index (κ1) is 10.3. The van der Waals surface area contributed by atoms with E-state index >= 15 is 0 Å². The molecule has 1 aromatic carbocycles. The topological polar surface area (TPSA) is 20.2 Å². The third-order valence-electron chi connectivity index (χ3n) is 2.29. The van der Waals surface area contributed by atoms with Gasteiger partial charge in [0.25, 0.3) is 0 Å². The molecule has 1 aromatic rings. The molecule has 0 aliphatic carbocycles. The van der Waals surface area contributed by atoms with Gasteiger partial charge in [-0.25, -0.2) is 0 Å². The lowest BCUT2D eigenvalue weighted by Crippen LogP contribution is -2.01. The molecule has 0 saturated heterocycles. The highest BCUT2D eigenvalue weighted by Crippen LogP contribution is 2.18. The van der Waals surface area contributed by atoms with Crippen molar-refractivity contribution in [2.45, 2.75) is 33.8 Å². The molecule has 0 unspecified atom stereocenters. The van der Waals surface area contributed by atoms with Crippen molar-refractivity contribution in [3.8, 4) is 0 Å². The molecule has 1 nitrogen and oxygen atoms in total. The van der Waals surface area contributed by atoms with Crippen molar-refractivity contribution in [1.82, 2.24) is 0 Å². The normalized spacial score (nSPS) is 10.8. The van der Waals surface area contributed by atoms with Gasteiger partial charge in [-0.15, -0.1) is 0 Å². The zero-order valence-electron chi connectivity index (χ0n) is 8.67. The SMILES string of the molecule is Cc1cccc(CO)c1CC(C)C. The zero-order valence-corrected chi connectivity index (χ0v) is 8.67. The summed E-state index contributed by atoms with van der Waals surface area (Å²) in [5.74, 6) is 0.645. The van der Waals surface area contributed by atoms with Crippen LogP contribution in [0.15, 0.2) is 18.2 Å². The molecular formula is C12H18O. The maximum Gasteiger partial charge on any atom is 0.0684 e. The van der Waals surface area contributed by atoms with Crippen LogP contribution in [0.2, 0.25) is 0 Å². The molecule has 1 N–H and O–H groups in total. The van der Waals surface area contributed by atoms with E-state index in [0.29, 0.717) is 5.92 Å². The summed E-state index contributed by atoms with van der Waals surface area (Å²) >= 11 is 0.